The minimum absolute atomic E-state index is 0.0370. The van der Waals surface area contributed by atoms with Gasteiger partial charge in [-0.2, -0.15) is 0 Å². The van der Waals surface area contributed by atoms with Gasteiger partial charge in [0.25, 0.3) is 0 Å². The van der Waals surface area contributed by atoms with Crippen LogP contribution in [0.4, 0.5) is 0 Å². The summed E-state index contributed by atoms with van der Waals surface area (Å²) in [6.07, 6.45) is 0. The second kappa shape index (κ2) is 11.3. The van der Waals surface area contributed by atoms with E-state index in [2.05, 4.69) is 6.58 Å². The lowest BCUT2D eigenvalue weighted by Gasteiger charge is -2.11. The van der Waals surface area contributed by atoms with Crippen molar-refractivity contribution in [3.63, 3.8) is 0 Å². The van der Waals surface area contributed by atoms with Gasteiger partial charge >= 0.3 is 0 Å². The second-order valence-electron chi connectivity index (χ2n) is 4.29. The van der Waals surface area contributed by atoms with Gasteiger partial charge < -0.3 is 24.1 Å². The highest BCUT2D eigenvalue weighted by Gasteiger charge is 2.05. The second-order valence-corrected chi connectivity index (χ2v) is 4.29. The fourth-order valence-electron chi connectivity index (χ4n) is 1.71. The summed E-state index contributed by atoms with van der Waals surface area (Å²) in [6.45, 7) is 6.74. The monoisotopic (exact) mass is 296 g/mol. The maximum Gasteiger partial charge on any atom is 0.119 e. The lowest BCUT2D eigenvalue weighted by atomic mass is 10.1. The summed E-state index contributed by atoms with van der Waals surface area (Å²) in [4.78, 5) is 0. The van der Waals surface area contributed by atoms with E-state index in [1.165, 1.54) is 0 Å². The zero-order chi connectivity index (χ0) is 15.3. The standard InChI is InChI=1S/C16H24O5/c1-14(18-2)16-6-4-3-5-15(16)13-21-12-11-20-10-9-19-8-7-17/h3-6,17H,1,7-13H2,2H3. The molecule has 0 aromatic heterocycles. The maximum atomic E-state index is 8.53. The van der Waals surface area contributed by atoms with Crippen LogP contribution >= 0.6 is 0 Å². The third-order valence-electron chi connectivity index (χ3n) is 2.80. The van der Waals surface area contributed by atoms with Crippen LogP contribution in [0.3, 0.4) is 0 Å². The molecule has 1 aromatic rings. The predicted octanol–water partition coefficient (Wildman–Crippen LogP) is 1.85. The molecule has 0 saturated heterocycles. The molecule has 5 heteroatoms. The molecule has 0 aliphatic carbocycles. The Kier molecular flexibility index (Phi) is 9.48. The van der Waals surface area contributed by atoms with E-state index in [1.54, 1.807) is 7.11 Å². The molecule has 1 rings (SSSR count). The third kappa shape index (κ3) is 7.24. The summed E-state index contributed by atoms with van der Waals surface area (Å²) in [5, 5.41) is 8.53. The summed E-state index contributed by atoms with van der Waals surface area (Å²) >= 11 is 0. The minimum Gasteiger partial charge on any atom is -0.497 e. The topological polar surface area (TPSA) is 57.2 Å². The fraction of sp³-hybridized carbons (Fsp3) is 0.500. The van der Waals surface area contributed by atoms with E-state index in [0.717, 1.165) is 11.1 Å². The Morgan fingerprint density at radius 1 is 1.00 bits per heavy atom. The van der Waals surface area contributed by atoms with E-state index < -0.39 is 0 Å². The van der Waals surface area contributed by atoms with Crippen LogP contribution in [0.2, 0.25) is 0 Å². The molecule has 0 bridgehead atoms. The first kappa shape index (κ1) is 17.7. The van der Waals surface area contributed by atoms with Gasteiger partial charge in [-0.15, -0.1) is 0 Å². The molecule has 1 aromatic carbocycles. The maximum absolute atomic E-state index is 8.53. The predicted molar refractivity (Wildman–Crippen MR) is 80.9 cm³/mol. The van der Waals surface area contributed by atoms with E-state index in [9.17, 15) is 0 Å². The van der Waals surface area contributed by atoms with Gasteiger partial charge in [0.1, 0.15) is 5.76 Å². The molecule has 0 saturated carbocycles. The van der Waals surface area contributed by atoms with Crippen LogP contribution in [0.5, 0.6) is 0 Å². The summed E-state index contributed by atoms with van der Waals surface area (Å²) in [7, 11) is 1.60. The van der Waals surface area contributed by atoms with Crippen LogP contribution in [0.25, 0.3) is 5.76 Å². The van der Waals surface area contributed by atoms with Crippen molar-refractivity contribution in [1.82, 2.24) is 0 Å². The first-order chi connectivity index (χ1) is 10.3. The molecule has 0 amide bonds. The molecule has 21 heavy (non-hydrogen) atoms. The van der Waals surface area contributed by atoms with Crippen molar-refractivity contribution < 1.29 is 24.1 Å². The summed E-state index contributed by atoms with van der Waals surface area (Å²) < 4.78 is 21.2. The lowest BCUT2D eigenvalue weighted by molar-refractivity contribution is 0.00445. The molecule has 0 radical (unpaired) electrons. The number of ether oxygens (including phenoxy) is 4. The van der Waals surface area contributed by atoms with Gasteiger partial charge in [-0.3, -0.25) is 0 Å². The van der Waals surface area contributed by atoms with Crippen LogP contribution in [0, 0.1) is 0 Å². The average Bonchev–Trinajstić information content (AvgIpc) is 2.53. The summed E-state index contributed by atoms with van der Waals surface area (Å²) in [5.74, 6) is 0.631. The lowest BCUT2D eigenvalue weighted by Crippen LogP contribution is -2.11. The van der Waals surface area contributed by atoms with Crippen LogP contribution in [-0.2, 0) is 25.6 Å². The Hall–Kier alpha value is -1.40. The number of aliphatic hydroxyl groups excluding tert-OH is 1. The van der Waals surface area contributed by atoms with Crippen LogP contribution < -0.4 is 0 Å². The van der Waals surface area contributed by atoms with E-state index in [1.807, 2.05) is 24.3 Å². The van der Waals surface area contributed by atoms with Crippen molar-refractivity contribution in [1.29, 1.82) is 0 Å². The first-order valence-corrected chi connectivity index (χ1v) is 6.95. The molecule has 0 heterocycles. The number of benzene rings is 1. The highest BCUT2D eigenvalue weighted by Crippen LogP contribution is 2.18. The number of rotatable bonds is 12. The number of aliphatic hydroxyl groups is 1. The summed E-state index contributed by atoms with van der Waals surface area (Å²) in [6, 6.07) is 7.85. The van der Waals surface area contributed by atoms with Gasteiger partial charge in [-0.25, -0.2) is 0 Å². The molecule has 0 aliphatic rings. The molecule has 0 atom stereocenters. The SMILES string of the molecule is C=C(OC)c1ccccc1COCCOCCOCCO. The van der Waals surface area contributed by atoms with Gasteiger partial charge in [0.2, 0.25) is 0 Å². The van der Waals surface area contributed by atoms with E-state index in [0.29, 0.717) is 45.4 Å². The molecule has 118 valence electrons. The van der Waals surface area contributed by atoms with Crippen molar-refractivity contribution in [3.8, 4) is 0 Å². The van der Waals surface area contributed by atoms with E-state index in [-0.39, 0.29) is 6.61 Å². The quantitative estimate of drug-likeness (QED) is 0.471. The van der Waals surface area contributed by atoms with E-state index in [4.69, 9.17) is 24.1 Å². The Morgan fingerprint density at radius 2 is 1.62 bits per heavy atom. The number of methoxy groups -OCH3 is 1. The van der Waals surface area contributed by atoms with Crippen molar-refractivity contribution >= 4 is 5.76 Å². The molecule has 0 fully saturated rings. The smallest absolute Gasteiger partial charge is 0.119 e. The van der Waals surface area contributed by atoms with Crippen molar-refractivity contribution in [2.75, 3.05) is 46.8 Å². The highest BCUT2D eigenvalue weighted by molar-refractivity contribution is 5.60. The Bertz CT molecular complexity index is 405. The third-order valence-corrected chi connectivity index (χ3v) is 2.80. The first-order valence-electron chi connectivity index (χ1n) is 6.95. The van der Waals surface area contributed by atoms with Crippen molar-refractivity contribution in [2.45, 2.75) is 6.61 Å². The zero-order valence-electron chi connectivity index (χ0n) is 12.5. The van der Waals surface area contributed by atoms with Crippen LogP contribution in [0.1, 0.15) is 11.1 Å². The fourth-order valence-corrected chi connectivity index (χ4v) is 1.71. The Balaban J connectivity index is 2.17. The van der Waals surface area contributed by atoms with Crippen LogP contribution in [-0.4, -0.2) is 51.9 Å². The minimum atomic E-state index is 0.0370. The molecule has 0 unspecified atom stereocenters. The number of hydrogen-bond acceptors (Lipinski definition) is 5. The van der Waals surface area contributed by atoms with Crippen molar-refractivity contribution in [2.24, 2.45) is 0 Å². The highest BCUT2D eigenvalue weighted by atomic mass is 16.5. The van der Waals surface area contributed by atoms with Gasteiger partial charge in [0.05, 0.1) is 53.4 Å². The van der Waals surface area contributed by atoms with Crippen LogP contribution in [0.15, 0.2) is 30.8 Å². The van der Waals surface area contributed by atoms with Gasteiger partial charge in [-0.1, -0.05) is 30.8 Å². The molecule has 0 aliphatic heterocycles. The van der Waals surface area contributed by atoms with Gasteiger partial charge in [-0.05, 0) is 5.56 Å². The molecule has 5 nitrogen and oxygen atoms in total. The number of hydrogen-bond donors (Lipinski definition) is 1. The largest absolute Gasteiger partial charge is 0.497 e. The molecule has 0 spiro atoms. The normalized spacial score (nSPS) is 10.6. The van der Waals surface area contributed by atoms with Gasteiger partial charge in [0, 0.05) is 5.56 Å². The Morgan fingerprint density at radius 3 is 2.29 bits per heavy atom. The summed E-state index contributed by atoms with van der Waals surface area (Å²) in [5.41, 5.74) is 1.99. The molecular weight excluding hydrogens is 272 g/mol. The molecule has 1 N–H and O–H groups in total. The average molecular weight is 296 g/mol. The van der Waals surface area contributed by atoms with Crippen molar-refractivity contribution in [3.05, 3.63) is 42.0 Å². The molecular formula is C16H24O5. The zero-order valence-corrected chi connectivity index (χ0v) is 12.5. The Labute approximate surface area is 126 Å². The van der Waals surface area contributed by atoms with Gasteiger partial charge in [0.15, 0.2) is 0 Å². The van der Waals surface area contributed by atoms with E-state index >= 15 is 0 Å².